The van der Waals surface area contributed by atoms with Crippen molar-refractivity contribution in [3.63, 3.8) is 0 Å². The minimum absolute atomic E-state index is 0.0961. The van der Waals surface area contributed by atoms with Crippen LogP contribution in [0.3, 0.4) is 0 Å². The van der Waals surface area contributed by atoms with Crippen LogP contribution in [0.5, 0.6) is 0 Å². The Bertz CT molecular complexity index is 574. The molecule has 2 aromatic rings. The molecule has 1 unspecified atom stereocenters. The first-order chi connectivity index (χ1) is 9.06. The van der Waals surface area contributed by atoms with E-state index in [1.807, 2.05) is 12.1 Å². The van der Waals surface area contributed by atoms with Crippen molar-refractivity contribution in [2.75, 3.05) is 0 Å². The lowest BCUT2D eigenvalue weighted by Gasteiger charge is -2.19. The summed E-state index contributed by atoms with van der Waals surface area (Å²) < 4.78 is 0. The van der Waals surface area contributed by atoms with Crippen molar-refractivity contribution in [2.45, 2.75) is 39.3 Å². The predicted molar refractivity (Wildman–Crippen MR) is 80.4 cm³/mol. The lowest BCUT2D eigenvalue weighted by atomic mass is 9.99. The van der Waals surface area contributed by atoms with Crippen molar-refractivity contribution in [3.8, 4) is 0 Å². The van der Waals surface area contributed by atoms with Gasteiger partial charge < -0.3 is 5.32 Å². The Morgan fingerprint density at radius 2 is 1.79 bits per heavy atom. The number of benzene rings is 2. The van der Waals surface area contributed by atoms with Gasteiger partial charge in [0.2, 0.25) is 0 Å². The first kappa shape index (κ1) is 13.8. The third-order valence-corrected chi connectivity index (χ3v) is 3.28. The highest BCUT2D eigenvalue weighted by Crippen LogP contribution is 2.17. The topological polar surface area (TPSA) is 29.1 Å². The zero-order chi connectivity index (χ0) is 13.8. The van der Waals surface area contributed by atoms with E-state index in [2.05, 4.69) is 49.5 Å². The smallest absolute Gasteiger partial charge is 0.147 e. The summed E-state index contributed by atoms with van der Waals surface area (Å²) in [7, 11) is 0. The van der Waals surface area contributed by atoms with Gasteiger partial charge in [-0.15, -0.1) is 0 Å². The van der Waals surface area contributed by atoms with Crippen LogP contribution in [-0.2, 0) is 11.2 Å². The summed E-state index contributed by atoms with van der Waals surface area (Å²) in [4.78, 5) is 11.7. The van der Waals surface area contributed by atoms with E-state index in [4.69, 9.17) is 0 Å². The van der Waals surface area contributed by atoms with E-state index >= 15 is 0 Å². The minimum atomic E-state index is -0.0961. The number of hydrogen-bond acceptors (Lipinski definition) is 2. The maximum absolute atomic E-state index is 11.7. The van der Waals surface area contributed by atoms with Gasteiger partial charge in [-0.2, -0.15) is 0 Å². The summed E-state index contributed by atoms with van der Waals surface area (Å²) >= 11 is 0. The first-order valence-corrected chi connectivity index (χ1v) is 6.80. The number of nitrogens with one attached hydrogen (secondary N) is 1. The van der Waals surface area contributed by atoms with Crippen LogP contribution in [0, 0.1) is 0 Å². The van der Waals surface area contributed by atoms with E-state index in [0.29, 0.717) is 6.04 Å². The molecule has 0 radical (unpaired) electrons. The Balaban J connectivity index is 2.21. The van der Waals surface area contributed by atoms with E-state index in [9.17, 15) is 4.79 Å². The van der Waals surface area contributed by atoms with Gasteiger partial charge in [0, 0.05) is 6.04 Å². The van der Waals surface area contributed by atoms with Crippen LogP contribution in [0.2, 0.25) is 0 Å². The molecule has 0 saturated carbocycles. The first-order valence-electron chi connectivity index (χ1n) is 6.80. The molecule has 1 atom stereocenters. The van der Waals surface area contributed by atoms with E-state index < -0.39 is 0 Å². The van der Waals surface area contributed by atoms with E-state index in [0.717, 1.165) is 6.42 Å². The number of carbonyl (C=O) groups is 1. The molecule has 0 aliphatic rings. The van der Waals surface area contributed by atoms with Gasteiger partial charge in [0.15, 0.2) is 0 Å². The van der Waals surface area contributed by atoms with Crippen molar-refractivity contribution < 1.29 is 4.79 Å². The van der Waals surface area contributed by atoms with Crippen molar-refractivity contribution in [3.05, 3.63) is 48.0 Å². The minimum Gasteiger partial charge on any atom is -0.305 e. The second-order valence-corrected chi connectivity index (χ2v) is 5.37. The Morgan fingerprint density at radius 1 is 1.11 bits per heavy atom. The van der Waals surface area contributed by atoms with Crippen molar-refractivity contribution in [2.24, 2.45) is 0 Å². The molecule has 1 N–H and O–H groups in total. The van der Waals surface area contributed by atoms with Crippen LogP contribution in [0.15, 0.2) is 42.5 Å². The van der Waals surface area contributed by atoms with Gasteiger partial charge in [0.1, 0.15) is 5.78 Å². The second-order valence-electron chi connectivity index (χ2n) is 5.37. The highest BCUT2D eigenvalue weighted by Gasteiger charge is 2.15. The fourth-order valence-corrected chi connectivity index (χ4v) is 2.32. The number of rotatable bonds is 5. The van der Waals surface area contributed by atoms with E-state index in [1.165, 1.54) is 16.3 Å². The summed E-state index contributed by atoms with van der Waals surface area (Å²) in [5.41, 5.74) is 1.20. The third kappa shape index (κ3) is 3.65. The molecule has 0 fully saturated rings. The van der Waals surface area contributed by atoms with Gasteiger partial charge in [-0.3, -0.25) is 4.79 Å². The van der Waals surface area contributed by atoms with Gasteiger partial charge >= 0.3 is 0 Å². The molecule has 0 aliphatic carbocycles. The molecule has 0 aliphatic heterocycles. The van der Waals surface area contributed by atoms with E-state index in [-0.39, 0.29) is 11.8 Å². The van der Waals surface area contributed by atoms with Crippen LogP contribution in [-0.4, -0.2) is 17.9 Å². The second kappa shape index (κ2) is 5.98. The number of carbonyl (C=O) groups excluding carboxylic acids is 1. The van der Waals surface area contributed by atoms with Crippen molar-refractivity contribution >= 4 is 16.6 Å². The Labute approximate surface area is 114 Å². The Kier molecular flexibility index (Phi) is 4.33. The molecular formula is C17H21NO. The lowest BCUT2D eigenvalue weighted by molar-refractivity contribution is -0.119. The molecule has 0 bridgehead atoms. The maximum Gasteiger partial charge on any atom is 0.147 e. The monoisotopic (exact) mass is 255 g/mol. The predicted octanol–water partition coefficient (Wildman–Crippen LogP) is 3.34. The Hall–Kier alpha value is -1.67. The lowest BCUT2D eigenvalue weighted by Crippen LogP contribution is -2.41. The normalized spacial score (nSPS) is 12.8. The number of ketones is 1. The number of Topliss-reactive ketones (excluding diaryl/α,β-unsaturated/α-hetero) is 1. The van der Waals surface area contributed by atoms with Gasteiger partial charge in [0.05, 0.1) is 6.04 Å². The SMILES string of the molecule is CC(=O)C(Cc1ccc2ccccc2c1)NC(C)C. The molecule has 100 valence electrons. The standard InChI is InChI=1S/C17H21NO/c1-12(2)18-17(13(3)19)11-14-8-9-15-6-4-5-7-16(15)10-14/h4-10,12,17-18H,11H2,1-3H3. The van der Waals surface area contributed by atoms with Crippen molar-refractivity contribution in [1.82, 2.24) is 5.32 Å². The zero-order valence-corrected chi connectivity index (χ0v) is 11.8. The molecule has 19 heavy (non-hydrogen) atoms. The van der Waals surface area contributed by atoms with Crippen LogP contribution in [0.4, 0.5) is 0 Å². The van der Waals surface area contributed by atoms with Gasteiger partial charge in [-0.25, -0.2) is 0 Å². The highest BCUT2D eigenvalue weighted by atomic mass is 16.1. The number of hydrogen-bond donors (Lipinski definition) is 1. The molecule has 0 spiro atoms. The molecule has 2 nitrogen and oxygen atoms in total. The summed E-state index contributed by atoms with van der Waals surface area (Å²) in [6, 6.07) is 14.9. The quantitative estimate of drug-likeness (QED) is 0.888. The molecule has 0 aromatic heterocycles. The van der Waals surface area contributed by atoms with Crippen LogP contribution in [0.25, 0.3) is 10.8 Å². The summed E-state index contributed by atoms with van der Waals surface area (Å²) in [5, 5.41) is 5.79. The molecule has 0 saturated heterocycles. The fraction of sp³-hybridized carbons (Fsp3) is 0.353. The third-order valence-electron chi connectivity index (χ3n) is 3.28. The average Bonchev–Trinajstić information content (AvgIpc) is 2.37. The van der Waals surface area contributed by atoms with Crippen molar-refractivity contribution in [1.29, 1.82) is 0 Å². The van der Waals surface area contributed by atoms with Crippen LogP contribution >= 0.6 is 0 Å². The molecule has 2 aromatic carbocycles. The van der Waals surface area contributed by atoms with E-state index in [1.54, 1.807) is 6.92 Å². The molecule has 0 heterocycles. The summed E-state index contributed by atoms with van der Waals surface area (Å²) in [6.07, 6.45) is 0.748. The fourth-order valence-electron chi connectivity index (χ4n) is 2.32. The van der Waals surface area contributed by atoms with Crippen LogP contribution < -0.4 is 5.32 Å². The average molecular weight is 255 g/mol. The summed E-state index contributed by atoms with van der Waals surface area (Å²) in [5.74, 6) is 0.196. The highest BCUT2D eigenvalue weighted by molar-refractivity contribution is 5.84. The zero-order valence-electron chi connectivity index (χ0n) is 11.8. The number of fused-ring (bicyclic) bond motifs is 1. The maximum atomic E-state index is 11.7. The van der Waals surface area contributed by atoms with Gasteiger partial charge in [-0.05, 0) is 29.7 Å². The largest absolute Gasteiger partial charge is 0.305 e. The summed E-state index contributed by atoms with van der Waals surface area (Å²) in [6.45, 7) is 5.79. The van der Waals surface area contributed by atoms with Gasteiger partial charge in [-0.1, -0.05) is 56.3 Å². The molecular weight excluding hydrogens is 234 g/mol. The van der Waals surface area contributed by atoms with Crippen LogP contribution in [0.1, 0.15) is 26.3 Å². The molecule has 0 amide bonds. The van der Waals surface area contributed by atoms with Gasteiger partial charge in [0.25, 0.3) is 0 Å². The molecule has 2 rings (SSSR count). The molecule has 2 heteroatoms. The Morgan fingerprint density at radius 3 is 2.42 bits per heavy atom.